The summed E-state index contributed by atoms with van der Waals surface area (Å²) in [6, 6.07) is 11.4. The number of anilines is 3. The van der Waals surface area contributed by atoms with Crippen molar-refractivity contribution in [3.63, 3.8) is 0 Å². The molecule has 2 aromatic carbocycles. The Morgan fingerprint density at radius 2 is 1.78 bits per heavy atom. The topological polar surface area (TPSA) is 75.4 Å². The van der Waals surface area contributed by atoms with Gasteiger partial charge in [-0.15, -0.1) is 0 Å². The Morgan fingerprint density at radius 1 is 1.13 bits per heavy atom. The number of benzene rings is 2. The summed E-state index contributed by atoms with van der Waals surface area (Å²) >= 11 is 6.00. The summed E-state index contributed by atoms with van der Waals surface area (Å²) in [5.74, 6) is 0. The molecule has 0 aliphatic carbocycles. The third-order valence-electron chi connectivity index (χ3n) is 3.53. The van der Waals surface area contributed by atoms with Gasteiger partial charge in [0.2, 0.25) is 0 Å². The molecule has 5 nitrogen and oxygen atoms in total. The highest BCUT2D eigenvalue weighted by Gasteiger charge is 2.18. The lowest BCUT2D eigenvalue weighted by Crippen LogP contribution is -2.23. The first-order chi connectivity index (χ1) is 10.9. The van der Waals surface area contributed by atoms with E-state index in [0.29, 0.717) is 16.4 Å². The van der Waals surface area contributed by atoms with Crippen LogP contribution in [0.4, 0.5) is 17.1 Å². The second kappa shape index (κ2) is 7.10. The number of para-hydroxylation sites is 1. The zero-order valence-electron chi connectivity index (χ0n) is 13.1. The Morgan fingerprint density at radius 3 is 2.35 bits per heavy atom. The van der Waals surface area contributed by atoms with Gasteiger partial charge >= 0.3 is 0 Å². The fourth-order valence-electron chi connectivity index (χ4n) is 2.30. The number of nitrogens with two attached hydrogens (primary N) is 1. The van der Waals surface area contributed by atoms with Crippen molar-refractivity contribution >= 4 is 38.7 Å². The Balaban J connectivity index is 2.34. The lowest BCUT2D eigenvalue weighted by Gasteiger charge is -2.23. The average molecular weight is 354 g/mol. The summed E-state index contributed by atoms with van der Waals surface area (Å²) < 4.78 is 27.5. The number of nitrogens with one attached hydrogen (secondary N) is 1. The first-order valence-electron chi connectivity index (χ1n) is 7.30. The molecule has 3 N–H and O–H groups in total. The highest BCUT2D eigenvalue weighted by molar-refractivity contribution is 7.92. The van der Waals surface area contributed by atoms with Gasteiger partial charge in [-0.25, -0.2) is 8.42 Å². The highest BCUT2D eigenvalue weighted by Crippen LogP contribution is 2.28. The van der Waals surface area contributed by atoms with E-state index in [4.69, 9.17) is 17.3 Å². The van der Waals surface area contributed by atoms with Crippen LogP contribution in [0.25, 0.3) is 0 Å². The van der Waals surface area contributed by atoms with E-state index in [1.165, 1.54) is 6.07 Å². The van der Waals surface area contributed by atoms with E-state index in [2.05, 4.69) is 9.62 Å². The molecule has 0 spiro atoms. The van der Waals surface area contributed by atoms with Gasteiger partial charge in [-0.3, -0.25) is 4.72 Å². The summed E-state index contributed by atoms with van der Waals surface area (Å²) in [5.41, 5.74) is 7.62. The van der Waals surface area contributed by atoms with Gasteiger partial charge in [0.15, 0.2) is 0 Å². The predicted octanol–water partition coefficient (Wildman–Crippen LogP) is 3.57. The zero-order valence-corrected chi connectivity index (χ0v) is 14.7. The van der Waals surface area contributed by atoms with Crippen molar-refractivity contribution in [1.82, 2.24) is 0 Å². The van der Waals surface area contributed by atoms with E-state index in [0.717, 1.165) is 18.8 Å². The summed E-state index contributed by atoms with van der Waals surface area (Å²) in [7, 11) is -3.75. The van der Waals surface area contributed by atoms with E-state index < -0.39 is 10.0 Å². The van der Waals surface area contributed by atoms with Crippen LogP contribution in [0.15, 0.2) is 47.4 Å². The third kappa shape index (κ3) is 3.89. The molecule has 0 amide bonds. The molecule has 23 heavy (non-hydrogen) atoms. The van der Waals surface area contributed by atoms with Crippen molar-refractivity contribution in [3.8, 4) is 0 Å². The van der Waals surface area contributed by atoms with Crippen LogP contribution in [-0.2, 0) is 10.0 Å². The second-order valence-corrected chi connectivity index (χ2v) is 7.07. The van der Waals surface area contributed by atoms with Crippen LogP contribution in [0.3, 0.4) is 0 Å². The Bertz CT molecular complexity index is 790. The quantitative estimate of drug-likeness (QED) is 0.778. The Kier molecular flexibility index (Phi) is 5.38. The molecule has 0 fully saturated rings. The van der Waals surface area contributed by atoms with Crippen LogP contribution >= 0.6 is 11.6 Å². The molecule has 2 rings (SSSR count). The third-order valence-corrected chi connectivity index (χ3v) is 5.22. The highest BCUT2D eigenvalue weighted by atomic mass is 35.5. The summed E-state index contributed by atoms with van der Waals surface area (Å²) in [6.07, 6.45) is 0. The SMILES string of the molecule is CCN(CC)c1ccc(S(=O)(=O)Nc2ccccc2Cl)cc1N. The fourth-order valence-corrected chi connectivity index (χ4v) is 3.65. The van der Waals surface area contributed by atoms with Crippen molar-refractivity contribution in [2.24, 2.45) is 0 Å². The minimum absolute atomic E-state index is 0.103. The molecule has 0 bridgehead atoms. The van der Waals surface area contributed by atoms with E-state index >= 15 is 0 Å². The van der Waals surface area contributed by atoms with Crippen LogP contribution in [0.1, 0.15) is 13.8 Å². The van der Waals surface area contributed by atoms with Gasteiger partial charge in [-0.2, -0.15) is 0 Å². The van der Waals surface area contributed by atoms with Crippen molar-refractivity contribution in [2.45, 2.75) is 18.7 Å². The number of hydrogen-bond donors (Lipinski definition) is 2. The van der Waals surface area contributed by atoms with Gasteiger partial charge in [-0.05, 0) is 44.2 Å². The number of halogens is 1. The number of nitrogens with zero attached hydrogens (tertiary/aromatic N) is 1. The molecule has 0 saturated heterocycles. The first kappa shape index (κ1) is 17.4. The van der Waals surface area contributed by atoms with Gasteiger partial charge in [-0.1, -0.05) is 23.7 Å². The maximum Gasteiger partial charge on any atom is 0.262 e. The minimum Gasteiger partial charge on any atom is -0.397 e. The summed E-state index contributed by atoms with van der Waals surface area (Å²) in [5, 5.41) is 0.337. The molecule has 0 aromatic heterocycles. The summed E-state index contributed by atoms with van der Waals surface area (Å²) in [4.78, 5) is 2.17. The molecule has 7 heteroatoms. The van der Waals surface area contributed by atoms with E-state index in [1.54, 1.807) is 36.4 Å². The molecular formula is C16H20ClN3O2S. The van der Waals surface area contributed by atoms with E-state index in [9.17, 15) is 8.42 Å². The van der Waals surface area contributed by atoms with Crippen molar-refractivity contribution in [1.29, 1.82) is 0 Å². The predicted molar refractivity (Wildman–Crippen MR) is 96.7 cm³/mol. The van der Waals surface area contributed by atoms with Crippen molar-refractivity contribution in [3.05, 3.63) is 47.5 Å². The van der Waals surface area contributed by atoms with E-state index in [1.807, 2.05) is 13.8 Å². The summed E-state index contributed by atoms with van der Waals surface area (Å²) in [6.45, 7) is 5.63. The zero-order chi connectivity index (χ0) is 17.0. The monoisotopic (exact) mass is 353 g/mol. The van der Waals surface area contributed by atoms with E-state index in [-0.39, 0.29) is 4.90 Å². The van der Waals surface area contributed by atoms with Crippen LogP contribution in [0.2, 0.25) is 5.02 Å². The van der Waals surface area contributed by atoms with Gasteiger partial charge in [0.1, 0.15) is 0 Å². The minimum atomic E-state index is -3.75. The molecule has 124 valence electrons. The van der Waals surface area contributed by atoms with Crippen LogP contribution in [0, 0.1) is 0 Å². The first-order valence-corrected chi connectivity index (χ1v) is 9.17. The molecule has 0 aliphatic heterocycles. The lowest BCUT2D eigenvalue weighted by molar-refractivity contribution is 0.601. The molecule has 0 saturated carbocycles. The maximum atomic E-state index is 12.5. The largest absolute Gasteiger partial charge is 0.397 e. The lowest BCUT2D eigenvalue weighted by atomic mass is 10.2. The maximum absolute atomic E-state index is 12.5. The number of sulfonamides is 1. The number of hydrogen-bond acceptors (Lipinski definition) is 4. The molecular weight excluding hydrogens is 334 g/mol. The van der Waals surface area contributed by atoms with Gasteiger partial charge < -0.3 is 10.6 Å². The Hall–Kier alpha value is -1.92. The second-order valence-electron chi connectivity index (χ2n) is 4.98. The van der Waals surface area contributed by atoms with Gasteiger partial charge in [0, 0.05) is 13.1 Å². The van der Waals surface area contributed by atoms with Gasteiger partial charge in [0.25, 0.3) is 10.0 Å². The van der Waals surface area contributed by atoms with Gasteiger partial charge in [0.05, 0.1) is 27.0 Å². The van der Waals surface area contributed by atoms with Crippen molar-refractivity contribution in [2.75, 3.05) is 28.4 Å². The van der Waals surface area contributed by atoms with Crippen molar-refractivity contribution < 1.29 is 8.42 Å². The standard InChI is InChI=1S/C16H20ClN3O2S/c1-3-20(4-2)16-10-9-12(11-14(16)18)23(21,22)19-15-8-6-5-7-13(15)17/h5-11,19H,3-4,18H2,1-2H3. The molecule has 0 aliphatic rings. The number of rotatable bonds is 6. The molecule has 0 heterocycles. The Labute approximate surface area is 142 Å². The average Bonchev–Trinajstić information content (AvgIpc) is 2.52. The number of nitrogen functional groups attached to an aromatic ring is 1. The smallest absolute Gasteiger partial charge is 0.262 e. The molecule has 0 atom stereocenters. The van der Waals surface area contributed by atoms with Crippen LogP contribution in [-0.4, -0.2) is 21.5 Å². The normalized spacial score (nSPS) is 11.3. The molecule has 0 radical (unpaired) electrons. The fraction of sp³-hybridized carbons (Fsp3) is 0.250. The van der Waals surface area contributed by atoms with Crippen LogP contribution in [0.5, 0.6) is 0 Å². The van der Waals surface area contributed by atoms with Crippen LogP contribution < -0.4 is 15.4 Å². The molecule has 2 aromatic rings. The molecule has 0 unspecified atom stereocenters.